The maximum Gasteiger partial charge on any atom is 0.0400 e. The topological polar surface area (TPSA) is 15.3 Å². The van der Waals surface area contributed by atoms with E-state index in [0.29, 0.717) is 0 Å². The first-order chi connectivity index (χ1) is 9.13. The lowest BCUT2D eigenvalue weighted by molar-refractivity contribution is 0.402. The molecule has 0 bridgehead atoms. The lowest BCUT2D eigenvalue weighted by Gasteiger charge is -2.12. The van der Waals surface area contributed by atoms with Gasteiger partial charge in [-0.2, -0.15) is 0 Å². The van der Waals surface area contributed by atoms with Gasteiger partial charge in [-0.25, -0.2) is 0 Å². The standard InChI is InChI=1S/C16H19BrN2/c1-19(2)12-14-4-3-5-16(10-14)18-11-13-6-8-15(17)9-7-13/h3-10,18H,11-12H2,1-2H3. The summed E-state index contributed by atoms with van der Waals surface area (Å²) >= 11 is 3.45. The monoisotopic (exact) mass is 318 g/mol. The summed E-state index contributed by atoms with van der Waals surface area (Å²) in [6, 6.07) is 17.0. The van der Waals surface area contributed by atoms with Crippen molar-refractivity contribution in [2.45, 2.75) is 13.1 Å². The van der Waals surface area contributed by atoms with Gasteiger partial charge in [0.1, 0.15) is 0 Å². The summed E-state index contributed by atoms with van der Waals surface area (Å²) in [4.78, 5) is 2.17. The lowest BCUT2D eigenvalue weighted by Crippen LogP contribution is -2.10. The van der Waals surface area contributed by atoms with Crippen LogP contribution in [0.5, 0.6) is 0 Å². The smallest absolute Gasteiger partial charge is 0.0400 e. The molecule has 0 spiro atoms. The number of hydrogen-bond donors (Lipinski definition) is 1. The first-order valence-corrected chi connectivity index (χ1v) is 7.15. The van der Waals surface area contributed by atoms with E-state index < -0.39 is 0 Å². The van der Waals surface area contributed by atoms with Crippen LogP contribution in [0.2, 0.25) is 0 Å². The summed E-state index contributed by atoms with van der Waals surface area (Å²) < 4.78 is 1.12. The van der Waals surface area contributed by atoms with Crippen molar-refractivity contribution in [3.05, 3.63) is 64.1 Å². The molecule has 0 saturated carbocycles. The van der Waals surface area contributed by atoms with E-state index in [1.54, 1.807) is 0 Å². The second-order valence-corrected chi connectivity index (χ2v) is 5.83. The molecule has 19 heavy (non-hydrogen) atoms. The Balaban J connectivity index is 1.97. The maximum atomic E-state index is 3.46. The fraction of sp³-hybridized carbons (Fsp3) is 0.250. The van der Waals surface area contributed by atoms with Gasteiger partial charge in [0.2, 0.25) is 0 Å². The molecule has 0 aliphatic heterocycles. The molecule has 0 amide bonds. The van der Waals surface area contributed by atoms with Gasteiger partial charge in [0.25, 0.3) is 0 Å². The average Bonchev–Trinajstić information content (AvgIpc) is 2.38. The van der Waals surface area contributed by atoms with Crippen LogP contribution in [0, 0.1) is 0 Å². The number of halogens is 1. The van der Waals surface area contributed by atoms with Crippen LogP contribution in [0.25, 0.3) is 0 Å². The Kier molecular flexibility index (Phi) is 5.00. The van der Waals surface area contributed by atoms with Gasteiger partial charge >= 0.3 is 0 Å². The summed E-state index contributed by atoms with van der Waals surface area (Å²) in [5.41, 5.74) is 3.77. The van der Waals surface area contributed by atoms with Crippen LogP contribution in [0.4, 0.5) is 5.69 Å². The van der Waals surface area contributed by atoms with E-state index in [4.69, 9.17) is 0 Å². The van der Waals surface area contributed by atoms with E-state index in [9.17, 15) is 0 Å². The van der Waals surface area contributed by atoms with E-state index in [1.807, 2.05) is 0 Å². The molecule has 0 atom stereocenters. The zero-order chi connectivity index (χ0) is 13.7. The lowest BCUT2D eigenvalue weighted by atomic mass is 10.2. The van der Waals surface area contributed by atoms with E-state index in [-0.39, 0.29) is 0 Å². The third-order valence-electron chi connectivity index (χ3n) is 2.84. The van der Waals surface area contributed by atoms with E-state index >= 15 is 0 Å². The van der Waals surface area contributed by atoms with Crippen LogP contribution < -0.4 is 5.32 Å². The third-order valence-corrected chi connectivity index (χ3v) is 3.36. The van der Waals surface area contributed by atoms with Gasteiger partial charge in [-0.3, -0.25) is 0 Å². The fourth-order valence-electron chi connectivity index (χ4n) is 1.95. The molecule has 0 heterocycles. The molecule has 0 aromatic heterocycles. The van der Waals surface area contributed by atoms with Gasteiger partial charge in [-0.1, -0.05) is 40.2 Å². The highest BCUT2D eigenvalue weighted by atomic mass is 79.9. The zero-order valence-electron chi connectivity index (χ0n) is 11.4. The van der Waals surface area contributed by atoms with Crippen molar-refractivity contribution < 1.29 is 0 Å². The van der Waals surface area contributed by atoms with E-state index in [0.717, 1.165) is 17.6 Å². The molecule has 100 valence electrons. The highest BCUT2D eigenvalue weighted by Crippen LogP contribution is 2.15. The van der Waals surface area contributed by atoms with Crippen LogP contribution >= 0.6 is 15.9 Å². The molecule has 0 radical (unpaired) electrons. The molecule has 0 aliphatic rings. The third kappa shape index (κ3) is 4.69. The highest BCUT2D eigenvalue weighted by Gasteiger charge is 1.98. The minimum absolute atomic E-state index is 0.846. The Labute approximate surface area is 123 Å². The van der Waals surface area contributed by atoms with E-state index in [1.165, 1.54) is 16.8 Å². The molecule has 2 rings (SSSR count). The van der Waals surface area contributed by atoms with Crippen LogP contribution in [0.1, 0.15) is 11.1 Å². The molecule has 0 unspecified atom stereocenters. The molecular weight excluding hydrogens is 300 g/mol. The average molecular weight is 319 g/mol. The predicted octanol–water partition coefficient (Wildman–Crippen LogP) is 4.12. The predicted molar refractivity (Wildman–Crippen MR) is 85.3 cm³/mol. The SMILES string of the molecule is CN(C)Cc1cccc(NCc2ccc(Br)cc2)c1. The molecule has 3 heteroatoms. The molecule has 0 fully saturated rings. The van der Waals surface area contributed by atoms with Gasteiger partial charge < -0.3 is 10.2 Å². The van der Waals surface area contributed by atoms with Crippen molar-refractivity contribution >= 4 is 21.6 Å². The molecule has 2 aromatic carbocycles. The Bertz CT molecular complexity index is 521. The van der Waals surface area contributed by atoms with E-state index in [2.05, 4.69) is 88.8 Å². The minimum atomic E-state index is 0.846. The quantitative estimate of drug-likeness (QED) is 0.892. The van der Waals surface area contributed by atoms with Crippen LogP contribution in [-0.4, -0.2) is 19.0 Å². The maximum absolute atomic E-state index is 3.46. The summed E-state index contributed by atoms with van der Waals surface area (Å²) in [5, 5.41) is 3.46. The molecule has 0 saturated heterocycles. The normalized spacial score (nSPS) is 10.7. The van der Waals surface area contributed by atoms with Crippen LogP contribution in [0.15, 0.2) is 53.0 Å². The number of nitrogens with one attached hydrogen (secondary N) is 1. The highest BCUT2D eigenvalue weighted by molar-refractivity contribution is 9.10. The van der Waals surface area contributed by atoms with Gasteiger partial charge in [0.05, 0.1) is 0 Å². The van der Waals surface area contributed by atoms with Crippen molar-refractivity contribution in [1.29, 1.82) is 0 Å². The number of nitrogens with zero attached hydrogens (tertiary/aromatic N) is 1. The molecule has 1 N–H and O–H groups in total. The summed E-state index contributed by atoms with van der Waals surface area (Å²) in [5.74, 6) is 0. The van der Waals surface area contributed by atoms with Gasteiger partial charge in [0.15, 0.2) is 0 Å². The van der Waals surface area contributed by atoms with Crippen LogP contribution in [0.3, 0.4) is 0 Å². The largest absolute Gasteiger partial charge is 0.381 e. The Hall–Kier alpha value is -1.32. The first-order valence-electron chi connectivity index (χ1n) is 6.35. The molecule has 2 aromatic rings. The van der Waals surface area contributed by atoms with Crippen molar-refractivity contribution in [2.75, 3.05) is 19.4 Å². The van der Waals surface area contributed by atoms with Crippen LogP contribution in [-0.2, 0) is 13.1 Å². The van der Waals surface area contributed by atoms with Crippen molar-refractivity contribution in [2.24, 2.45) is 0 Å². The number of rotatable bonds is 5. The minimum Gasteiger partial charge on any atom is -0.381 e. The zero-order valence-corrected chi connectivity index (χ0v) is 12.9. The molecule has 0 aliphatic carbocycles. The summed E-state index contributed by atoms with van der Waals surface area (Å²) in [6.07, 6.45) is 0. The second-order valence-electron chi connectivity index (χ2n) is 4.92. The fourth-order valence-corrected chi connectivity index (χ4v) is 2.22. The molecular formula is C16H19BrN2. The Morgan fingerprint density at radius 2 is 1.74 bits per heavy atom. The molecule has 2 nitrogen and oxygen atoms in total. The van der Waals surface area contributed by atoms with Crippen molar-refractivity contribution in [3.63, 3.8) is 0 Å². The van der Waals surface area contributed by atoms with Crippen molar-refractivity contribution in [3.8, 4) is 0 Å². The summed E-state index contributed by atoms with van der Waals surface area (Å²) in [6.45, 7) is 1.81. The summed E-state index contributed by atoms with van der Waals surface area (Å²) in [7, 11) is 4.17. The number of hydrogen-bond acceptors (Lipinski definition) is 2. The Morgan fingerprint density at radius 1 is 1.00 bits per heavy atom. The van der Waals surface area contributed by atoms with Gasteiger partial charge in [-0.15, -0.1) is 0 Å². The number of benzene rings is 2. The van der Waals surface area contributed by atoms with Gasteiger partial charge in [0, 0.05) is 23.2 Å². The number of anilines is 1. The Morgan fingerprint density at radius 3 is 2.42 bits per heavy atom. The van der Waals surface area contributed by atoms with Gasteiger partial charge in [-0.05, 0) is 49.5 Å². The first kappa shape index (κ1) is 14.1. The second kappa shape index (κ2) is 6.73. The van der Waals surface area contributed by atoms with Crippen molar-refractivity contribution in [1.82, 2.24) is 4.90 Å².